The average Bonchev–Trinajstić information content (AvgIpc) is 2.99. The van der Waals surface area contributed by atoms with Crippen LogP contribution in [0.3, 0.4) is 0 Å². The molecule has 6 nitrogen and oxygen atoms in total. The Morgan fingerprint density at radius 2 is 1.37 bits per heavy atom. The third-order valence-electron chi connectivity index (χ3n) is 4.77. The Morgan fingerprint density at radius 1 is 0.902 bits per heavy atom. The van der Waals surface area contributed by atoms with Crippen LogP contribution >= 0.6 is 0 Å². The van der Waals surface area contributed by atoms with Crippen LogP contribution < -0.4 is 4.74 Å². The molecule has 0 radical (unpaired) electrons. The van der Waals surface area contributed by atoms with Crippen molar-refractivity contribution >= 4 is 5.97 Å². The molecule has 1 N–H and O–H groups in total. The van der Waals surface area contributed by atoms with Crippen molar-refractivity contribution in [3.63, 3.8) is 0 Å². The highest BCUT2D eigenvalue weighted by atomic mass is 19.1. The molecule has 0 aliphatic rings. The summed E-state index contributed by atoms with van der Waals surface area (Å²) in [5.74, 6) is 11.1. The number of aromatic nitrogens is 2. The fourth-order valence-corrected chi connectivity index (χ4v) is 2.62. The van der Waals surface area contributed by atoms with E-state index < -0.39 is 17.2 Å². The zero-order valence-electron chi connectivity index (χ0n) is 24.3. The largest absolute Gasteiger partial charge is 0.487 e. The molecule has 0 saturated heterocycles. The average molecular weight is 557 g/mol. The van der Waals surface area contributed by atoms with E-state index in [1.54, 1.807) is 38.6 Å². The van der Waals surface area contributed by atoms with Crippen molar-refractivity contribution in [1.29, 1.82) is 0 Å². The zero-order valence-corrected chi connectivity index (χ0v) is 24.3. The van der Waals surface area contributed by atoms with Crippen molar-refractivity contribution in [1.82, 2.24) is 9.97 Å². The van der Waals surface area contributed by atoms with Crippen LogP contribution in [-0.2, 0) is 9.53 Å². The number of hydrogen-bond donors (Lipinski definition) is 1. The molecule has 0 spiro atoms. The number of nitrogens with zero attached hydrogens (tertiary/aromatic N) is 2. The number of benzene rings is 1. The summed E-state index contributed by atoms with van der Waals surface area (Å²) in [5, 5.41) is 8.74. The summed E-state index contributed by atoms with van der Waals surface area (Å²) in [4.78, 5) is 18.5. The second-order valence-electron chi connectivity index (χ2n) is 9.20. The van der Waals surface area contributed by atoms with Gasteiger partial charge in [-0.2, -0.15) is 4.39 Å². The van der Waals surface area contributed by atoms with Crippen molar-refractivity contribution < 1.29 is 23.8 Å². The molecule has 41 heavy (non-hydrogen) atoms. The number of para-hydroxylation sites is 1. The van der Waals surface area contributed by atoms with Gasteiger partial charge in [-0.25, -0.2) is 4.79 Å². The molecule has 3 aromatic rings. The van der Waals surface area contributed by atoms with Gasteiger partial charge >= 0.3 is 5.97 Å². The second-order valence-corrected chi connectivity index (χ2v) is 9.20. The fraction of sp³-hybridized carbons (Fsp3) is 0.265. The van der Waals surface area contributed by atoms with Crippen molar-refractivity contribution in [2.24, 2.45) is 5.41 Å². The summed E-state index contributed by atoms with van der Waals surface area (Å²) in [6.45, 7) is 16.3. The van der Waals surface area contributed by atoms with Gasteiger partial charge in [0.2, 0.25) is 5.83 Å². The Kier molecular flexibility index (Phi) is 15.5. The quantitative estimate of drug-likeness (QED) is 0.159. The van der Waals surface area contributed by atoms with Gasteiger partial charge in [-0.15, -0.1) is 0 Å². The van der Waals surface area contributed by atoms with Gasteiger partial charge in [0, 0.05) is 41.3 Å². The lowest BCUT2D eigenvalue weighted by atomic mass is 9.97. The first-order valence-corrected chi connectivity index (χ1v) is 13.0. The molecule has 0 saturated carbocycles. The molecule has 0 aliphatic carbocycles. The number of esters is 1. The lowest BCUT2D eigenvalue weighted by molar-refractivity contribution is -0.144. The molecule has 7 heteroatoms. The molecule has 214 valence electrons. The highest BCUT2D eigenvalue weighted by Gasteiger charge is 2.20. The van der Waals surface area contributed by atoms with Crippen LogP contribution in [0, 0.1) is 29.1 Å². The van der Waals surface area contributed by atoms with Crippen molar-refractivity contribution in [2.45, 2.75) is 34.6 Å². The topological polar surface area (TPSA) is 81.5 Å². The van der Waals surface area contributed by atoms with E-state index in [4.69, 9.17) is 9.84 Å². The van der Waals surface area contributed by atoms with Gasteiger partial charge in [-0.05, 0) is 48.9 Å². The molecule has 0 aliphatic heterocycles. The number of carbonyl (C=O) groups is 1. The van der Waals surface area contributed by atoms with Crippen LogP contribution in [0.25, 0.3) is 0 Å². The van der Waals surface area contributed by atoms with E-state index >= 15 is 0 Å². The normalized spacial score (nSPS) is 9.54. The lowest BCUT2D eigenvalue weighted by Gasteiger charge is -2.20. The monoisotopic (exact) mass is 556 g/mol. The van der Waals surface area contributed by atoms with Crippen molar-refractivity contribution in [3.05, 3.63) is 114 Å². The van der Waals surface area contributed by atoms with Crippen molar-refractivity contribution in [2.75, 3.05) is 19.8 Å². The number of rotatable bonds is 7. The maximum atomic E-state index is 12.0. The third kappa shape index (κ3) is 13.8. The van der Waals surface area contributed by atoms with Gasteiger partial charge in [-0.1, -0.05) is 70.6 Å². The number of aliphatic hydroxyl groups excluding tert-OH is 1. The van der Waals surface area contributed by atoms with Crippen LogP contribution in [0.15, 0.2) is 91.8 Å². The van der Waals surface area contributed by atoms with Crippen LogP contribution in [-0.4, -0.2) is 40.9 Å². The lowest BCUT2D eigenvalue weighted by Crippen LogP contribution is -2.25. The predicted molar refractivity (Wildman–Crippen MR) is 161 cm³/mol. The zero-order chi connectivity index (χ0) is 30.7. The van der Waals surface area contributed by atoms with Crippen LogP contribution in [0.1, 0.15) is 56.9 Å². The van der Waals surface area contributed by atoms with Gasteiger partial charge in [0.25, 0.3) is 0 Å². The van der Waals surface area contributed by atoms with E-state index in [2.05, 4.69) is 51.5 Å². The van der Waals surface area contributed by atoms with Crippen LogP contribution in [0.2, 0.25) is 0 Å². The number of ether oxygens (including phenoxy) is 2. The molecule has 2 heterocycles. The predicted octanol–water partition coefficient (Wildman–Crippen LogP) is 6.29. The number of aliphatic hydroxyl groups is 1. The maximum Gasteiger partial charge on any atom is 0.366 e. The van der Waals surface area contributed by atoms with E-state index in [0.717, 1.165) is 27.8 Å². The summed E-state index contributed by atoms with van der Waals surface area (Å²) in [7, 11) is 0. The molecule has 0 bridgehead atoms. The Hall–Kier alpha value is -4.72. The number of pyridine rings is 2. The summed E-state index contributed by atoms with van der Waals surface area (Å²) in [6, 6.07) is 13.3. The molecular weight excluding hydrogens is 519 g/mol. The molecule has 1 aromatic carbocycles. The molecule has 3 rings (SSSR count). The van der Waals surface area contributed by atoms with Crippen molar-refractivity contribution in [3.8, 4) is 29.4 Å². The van der Waals surface area contributed by atoms with E-state index in [-0.39, 0.29) is 13.2 Å². The van der Waals surface area contributed by atoms with Gasteiger partial charge in [0.05, 0.1) is 24.3 Å². The first kappa shape index (κ1) is 34.3. The molecule has 0 fully saturated rings. The second kappa shape index (κ2) is 18.5. The molecular formula is C34H37FN2O4. The highest BCUT2D eigenvalue weighted by Crippen LogP contribution is 2.24. The molecule has 0 amide bonds. The standard InChI is InChI=1S/C24H18N2O.C8H13FO3.C2H6/c1-19(2)18-27-24-22(8-6-20-10-14-25-15-11-20)4-3-5-23(24)9-7-21-12-16-26-17-13-21;1-6(9)7(11)12-5-8(2,3)4-10;1-2/h3-5,10-17H,1,18H2,2H3;10H,1,4-5H2,2-3H3;1-2H3. The fourth-order valence-electron chi connectivity index (χ4n) is 2.62. The van der Waals surface area contributed by atoms with Crippen LogP contribution in [0.5, 0.6) is 5.75 Å². The Bertz CT molecular complexity index is 1320. The molecule has 0 unspecified atom stereocenters. The Balaban J connectivity index is 0.000000508. The Labute approximate surface area is 243 Å². The number of carbonyl (C=O) groups excluding carboxylic acids is 1. The van der Waals surface area contributed by atoms with Gasteiger partial charge in [-0.3, -0.25) is 9.97 Å². The minimum Gasteiger partial charge on any atom is -0.487 e. The minimum absolute atomic E-state index is 0.0225. The Morgan fingerprint density at radius 3 is 1.76 bits per heavy atom. The first-order valence-electron chi connectivity index (χ1n) is 13.0. The van der Waals surface area contributed by atoms with Crippen LogP contribution in [0.4, 0.5) is 4.39 Å². The maximum absolute atomic E-state index is 12.0. The van der Waals surface area contributed by atoms with E-state index in [1.165, 1.54) is 0 Å². The third-order valence-corrected chi connectivity index (χ3v) is 4.77. The first-order chi connectivity index (χ1) is 19.6. The molecule has 0 atom stereocenters. The van der Waals surface area contributed by atoms with Gasteiger partial charge in [0.1, 0.15) is 6.61 Å². The van der Waals surface area contributed by atoms with E-state index in [0.29, 0.717) is 12.4 Å². The highest BCUT2D eigenvalue weighted by molar-refractivity contribution is 5.85. The SMILES string of the molecule is C=C(C)COc1c(C#Cc2ccncc2)cccc1C#Cc1ccncc1.C=C(F)C(=O)OCC(C)(C)CO.CC. The van der Waals surface area contributed by atoms with Gasteiger partial charge in [0.15, 0.2) is 5.75 Å². The number of halogens is 1. The summed E-state index contributed by atoms with van der Waals surface area (Å²) in [5.41, 5.74) is 3.75. The molecule has 2 aromatic heterocycles. The van der Waals surface area contributed by atoms with E-state index in [1.807, 2.05) is 63.2 Å². The summed E-state index contributed by atoms with van der Waals surface area (Å²) in [6.07, 6.45) is 6.89. The summed E-state index contributed by atoms with van der Waals surface area (Å²) >= 11 is 0. The van der Waals surface area contributed by atoms with Gasteiger partial charge < -0.3 is 14.6 Å². The van der Waals surface area contributed by atoms with E-state index in [9.17, 15) is 9.18 Å². The minimum atomic E-state index is -1.12. The smallest absolute Gasteiger partial charge is 0.366 e. The summed E-state index contributed by atoms with van der Waals surface area (Å²) < 4.78 is 22.5. The number of hydrogen-bond acceptors (Lipinski definition) is 6.